The van der Waals surface area contributed by atoms with E-state index in [9.17, 15) is 19.3 Å². The van der Waals surface area contributed by atoms with Crippen molar-refractivity contribution in [3.63, 3.8) is 0 Å². The maximum Gasteiger partial charge on any atom is 0.312 e. The third-order valence-corrected chi connectivity index (χ3v) is 2.10. The van der Waals surface area contributed by atoms with Crippen LogP contribution in [0.2, 0.25) is 0 Å². The van der Waals surface area contributed by atoms with E-state index in [1.165, 1.54) is 6.07 Å². The van der Waals surface area contributed by atoms with Crippen molar-refractivity contribution >= 4 is 11.7 Å². The predicted molar refractivity (Wildman–Crippen MR) is 52.5 cm³/mol. The molecule has 1 aromatic rings. The second kappa shape index (κ2) is 4.67. The van der Waals surface area contributed by atoms with Gasteiger partial charge in [-0.3, -0.25) is 14.9 Å². The van der Waals surface area contributed by atoms with Gasteiger partial charge in [0.2, 0.25) is 5.82 Å². The summed E-state index contributed by atoms with van der Waals surface area (Å²) in [6, 6.07) is 2.92. The molecular weight excluding hydrogens is 219 g/mol. The van der Waals surface area contributed by atoms with E-state index in [-0.39, 0.29) is 12.1 Å². The minimum Gasteiger partial charge on any atom is -0.481 e. The number of nitro benzene ring substituents is 1. The van der Waals surface area contributed by atoms with Crippen LogP contribution in [0.4, 0.5) is 10.1 Å². The first-order valence-electron chi connectivity index (χ1n) is 4.34. The van der Waals surface area contributed by atoms with Gasteiger partial charge in [-0.1, -0.05) is 6.07 Å². The fourth-order valence-corrected chi connectivity index (χ4v) is 1.27. The van der Waals surface area contributed by atoms with E-state index in [1.54, 1.807) is 0 Å². The lowest BCUT2D eigenvalue weighted by Crippen LogP contribution is -2.21. The average molecular weight is 228 g/mol. The summed E-state index contributed by atoms with van der Waals surface area (Å²) in [6.45, 7) is -0.210. The lowest BCUT2D eigenvalue weighted by molar-refractivity contribution is -0.387. The number of nitrogens with two attached hydrogens (primary N) is 1. The number of hydrogen-bond acceptors (Lipinski definition) is 4. The number of carboxylic acids is 1. The first-order valence-corrected chi connectivity index (χ1v) is 4.34. The number of nitrogens with zero attached hydrogens (tertiary/aromatic N) is 1. The number of carbonyl (C=O) groups is 1. The normalized spacial score (nSPS) is 12.1. The monoisotopic (exact) mass is 228 g/mol. The number of halogens is 1. The van der Waals surface area contributed by atoms with Gasteiger partial charge in [0.1, 0.15) is 0 Å². The fraction of sp³-hybridized carbons (Fsp3) is 0.222. The molecule has 0 aromatic heterocycles. The maximum atomic E-state index is 13.0. The summed E-state index contributed by atoms with van der Waals surface area (Å²) in [5, 5.41) is 19.2. The number of nitro groups is 1. The number of carboxylic acid groups (broad SMARTS) is 1. The summed E-state index contributed by atoms with van der Waals surface area (Å²) in [5.74, 6) is -3.28. The Bertz CT molecular complexity index is 436. The SMILES string of the molecule is NCC(C(=O)O)c1ccc(F)c([N+](=O)[O-])c1. The van der Waals surface area contributed by atoms with E-state index in [0.717, 1.165) is 12.1 Å². The van der Waals surface area contributed by atoms with Crippen LogP contribution in [-0.4, -0.2) is 22.5 Å². The van der Waals surface area contributed by atoms with E-state index in [2.05, 4.69) is 0 Å². The van der Waals surface area contributed by atoms with Crippen molar-refractivity contribution in [1.29, 1.82) is 0 Å². The second-order valence-electron chi connectivity index (χ2n) is 3.09. The summed E-state index contributed by atoms with van der Waals surface area (Å²) in [7, 11) is 0. The van der Waals surface area contributed by atoms with Gasteiger partial charge in [-0.05, 0) is 11.6 Å². The average Bonchev–Trinajstić information content (AvgIpc) is 2.20. The molecule has 0 saturated heterocycles. The third kappa shape index (κ3) is 2.31. The van der Waals surface area contributed by atoms with Crippen LogP contribution in [0.25, 0.3) is 0 Å². The van der Waals surface area contributed by atoms with Crippen molar-refractivity contribution in [2.75, 3.05) is 6.54 Å². The molecular formula is C9H9FN2O4. The smallest absolute Gasteiger partial charge is 0.312 e. The summed E-state index contributed by atoms with van der Waals surface area (Å²) < 4.78 is 13.0. The maximum absolute atomic E-state index is 13.0. The highest BCUT2D eigenvalue weighted by atomic mass is 19.1. The minimum absolute atomic E-state index is 0.114. The van der Waals surface area contributed by atoms with E-state index >= 15 is 0 Å². The molecule has 0 aliphatic rings. The molecule has 86 valence electrons. The second-order valence-corrected chi connectivity index (χ2v) is 3.09. The Morgan fingerprint density at radius 3 is 2.69 bits per heavy atom. The molecule has 0 spiro atoms. The van der Waals surface area contributed by atoms with Gasteiger partial charge >= 0.3 is 11.7 Å². The van der Waals surface area contributed by atoms with Crippen molar-refractivity contribution in [2.45, 2.75) is 5.92 Å². The predicted octanol–water partition coefficient (Wildman–Crippen LogP) is 0.861. The van der Waals surface area contributed by atoms with Crippen LogP contribution >= 0.6 is 0 Å². The Morgan fingerprint density at radius 1 is 1.62 bits per heavy atom. The molecule has 1 unspecified atom stereocenters. The van der Waals surface area contributed by atoms with E-state index in [1.807, 2.05) is 0 Å². The topological polar surface area (TPSA) is 106 Å². The van der Waals surface area contributed by atoms with Gasteiger partial charge in [-0.25, -0.2) is 0 Å². The molecule has 0 amide bonds. The highest BCUT2D eigenvalue weighted by Crippen LogP contribution is 2.23. The summed E-state index contributed by atoms with van der Waals surface area (Å²) in [6.07, 6.45) is 0. The molecule has 1 atom stereocenters. The molecule has 6 nitrogen and oxygen atoms in total. The molecule has 0 aliphatic heterocycles. The van der Waals surface area contributed by atoms with Gasteiger partial charge in [-0.2, -0.15) is 4.39 Å². The molecule has 1 rings (SSSR count). The van der Waals surface area contributed by atoms with Gasteiger partial charge in [0.15, 0.2) is 0 Å². The first-order chi connectivity index (χ1) is 7.47. The van der Waals surface area contributed by atoms with E-state index < -0.39 is 28.3 Å². The van der Waals surface area contributed by atoms with Crippen molar-refractivity contribution in [1.82, 2.24) is 0 Å². The van der Waals surface area contributed by atoms with Crippen LogP contribution < -0.4 is 5.73 Å². The van der Waals surface area contributed by atoms with Crippen LogP contribution in [-0.2, 0) is 4.79 Å². The summed E-state index contributed by atoms with van der Waals surface area (Å²) in [4.78, 5) is 20.3. The highest BCUT2D eigenvalue weighted by Gasteiger charge is 2.22. The zero-order valence-electron chi connectivity index (χ0n) is 8.09. The number of aliphatic carboxylic acids is 1. The van der Waals surface area contributed by atoms with Gasteiger partial charge in [0, 0.05) is 12.6 Å². The zero-order valence-corrected chi connectivity index (χ0v) is 8.09. The van der Waals surface area contributed by atoms with Crippen LogP contribution in [0.1, 0.15) is 11.5 Å². The minimum atomic E-state index is -1.21. The standard InChI is InChI=1S/C9H9FN2O4/c10-7-2-1-5(3-8(7)12(15)16)6(4-11)9(13)14/h1-3,6H,4,11H2,(H,13,14). The van der Waals surface area contributed by atoms with Crippen LogP contribution in [0, 0.1) is 15.9 Å². The van der Waals surface area contributed by atoms with Crippen molar-refractivity contribution in [2.24, 2.45) is 5.73 Å². The molecule has 16 heavy (non-hydrogen) atoms. The lowest BCUT2D eigenvalue weighted by Gasteiger charge is -2.09. The Hall–Kier alpha value is -2.02. The van der Waals surface area contributed by atoms with Crippen molar-refractivity contribution in [3.8, 4) is 0 Å². The molecule has 0 aliphatic carbocycles. The van der Waals surface area contributed by atoms with Crippen molar-refractivity contribution < 1.29 is 19.2 Å². The Labute approximate surface area is 89.6 Å². The molecule has 0 bridgehead atoms. The lowest BCUT2D eigenvalue weighted by atomic mass is 9.99. The third-order valence-electron chi connectivity index (χ3n) is 2.10. The van der Waals surface area contributed by atoms with Crippen molar-refractivity contribution in [3.05, 3.63) is 39.7 Å². The number of rotatable bonds is 4. The number of hydrogen-bond donors (Lipinski definition) is 2. The fourth-order valence-electron chi connectivity index (χ4n) is 1.27. The zero-order chi connectivity index (χ0) is 12.3. The van der Waals surface area contributed by atoms with Gasteiger partial charge < -0.3 is 10.8 Å². The largest absolute Gasteiger partial charge is 0.481 e. The van der Waals surface area contributed by atoms with E-state index in [0.29, 0.717) is 0 Å². The molecule has 0 fully saturated rings. The molecule has 0 heterocycles. The Kier molecular flexibility index (Phi) is 3.51. The summed E-state index contributed by atoms with van der Waals surface area (Å²) in [5.41, 5.74) is 4.59. The molecule has 3 N–H and O–H groups in total. The first kappa shape index (κ1) is 12.1. The summed E-state index contributed by atoms with van der Waals surface area (Å²) >= 11 is 0. The molecule has 7 heteroatoms. The van der Waals surface area contributed by atoms with Crippen LogP contribution in [0.3, 0.4) is 0 Å². The molecule has 1 aromatic carbocycles. The van der Waals surface area contributed by atoms with Crippen LogP contribution in [0.15, 0.2) is 18.2 Å². The Morgan fingerprint density at radius 2 is 2.25 bits per heavy atom. The Balaban J connectivity index is 3.21. The quantitative estimate of drug-likeness (QED) is 0.587. The van der Waals surface area contributed by atoms with Gasteiger partial charge in [0.25, 0.3) is 0 Å². The van der Waals surface area contributed by atoms with Gasteiger partial charge in [0.05, 0.1) is 10.8 Å². The van der Waals surface area contributed by atoms with E-state index in [4.69, 9.17) is 10.8 Å². The molecule has 0 saturated carbocycles. The highest BCUT2D eigenvalue weighted by molar-refractivity contribution is 5.76. The molecule has 0 radical (unpaired) electrons. The van der Waals surface area contributed by atoms with Crippen LogP contribution in [0.5, 0.6) is 0 Å². The number of benzene rings is 1. The van der Waals surface area contributed by atoms with Gasteiger partial charge in [-0.15, -0.1) is 0 Å².